The Bertz CT molecular complexity index is 606. The summed E-state index contributed by atoms with van der Waals surface area (Å²) in [4.78, 5) is 11.7. The first kappa shape index (κ1) is 13.2. The fourth-order valence-corrected chi connectivity index (χ4v) is 1.60. The monoisotopic (exact) mass is 262 g/mol. The molecule has 0 atom stereocenters. The number of halogens is 1. The first-order valence-corrected chi connectivity index (χ1v) is 5.97. The topological polar surface area (TPSA) is 59.8 Å². The van der Waals surface area contributed by atoms with E-state index in [0.29, 0.717) is 11.3 Å². The van der Waals surface area contributed by atoms with Gasteiger partial charge in [0.2, 0.25) is 0 Å². The van der Waals surface area contributed by atoms with E-state index in [2.05, 4.69) is 15.6 Å². The molecule has 6 heteroatoms. The Balaban J connectivity index is 2.25. The minimum Gasteiger partial charge on any atom is -0.348 e. The molecule has 1 aromatic carbocycles. The van der Waals surface area contributed by atoms with Crippen LogP contribution in [0.5, 0.6) is 0 Å². The molecule has 1 aromatic heterocycles. The third kappa shape index (κ3) is 2.96. The smallest absolute Gasteiger partial charge is 0.273 e. The van der Waals surface area contributed by atoms with Crippen molar-refractivity contribution in [3.05, 3.63) is 41.5 Å². The van der Waals surface area contributed by atoms with Crippen LogP contribution >= 0.6 is 0 Å². The van der Waals surface area contributed by atoms with Gasteiger partial charge in [-0.3, -0.25) is 4.79 Å². The predicted octanol–water partition coefficient (Wildman–Crippen LogP) is 1.85. The molecule has 2 aromatic rings. The fourth-order valence-electron chi connectivity index (χ4n) is 1.60. The van der Waals surface area contributed by atoms with Crippen molar-refractivity contribution < 1.29 is 9.18 Å². The van der Waals surface area contributed by atoms with Gasteiger partial charge < -0.3 is 5.32 Å². The number of carbonyl (C=O) groups is 1. The van der Waals surface area contributed by atoms with Gasteiger partial charge in [-0.1, -0.05) is 5.21 Å². The lowest BCUT2D eigenvalue weighted by Gasteiger charge is -2.05. The maximum atomic E-state index is 13.2. The lowest BCUT2D eigenvalue weighted by atomic mass is 10.2. The number of amides is 1. The lowest BCUT2D eigenvalue weighted by molar-refractivity contribution is 0.0938. The maximum absolute atomic E-state index is 13.2. The van der Waals surface area contributed by atoms with Gasteiger partial charge in [-0.05, 0) is 44.5 Å². The second-order valence-corrected chi connectivity index (χ2v) is 4.61. The second-order valence-electron chi connectivity index (χ2n) is 4.61. The van der Waals surface area contributed by atoms with Crippen molar-refractivity contribution >= 4 is 5.91 Å². The molecule has 0 saturated carbocycles. The third-order valence-corrected chi connectivity index (χ3v) is 2.55. The van der Waals surface area contributed by atoms with Gasteiger partial charge in [0.15, 0.2) is 5.69 Å². The van der Waals surface area contributed by atoms with E-state index < -0.39 is 0 Å². The number of hydrogen-bond donors (Lipinski definition) is 1. The van der Waals surface area contributed by atoms with Gasteiger partial charge in [0.25, 0.3) is 5.91 Å². The summed E-state index contributed by atoms with van der Waals surface area (Å²) < 4.78 is 14.6. The first-order chi connectivity index (χ1) is 8.97. The van der Waals surface area contributed by atoms with Crippen LogP contribution in [0.2, 0.25) is 0 Å². The van der Waals surface area contributed by atoms with Gasteiger partial charge in [0, 0.05) is 6.04 Å². The first-order valence-electron chi connectivity index (χ1n) is 5.97. The zero-order valence-electron chi connectivity index (χ0n) is 11.0. The van der Waals surface area contributed by atoms with Crippen LogP contribution < -0.4 is 5.32 Å². The molecule has 19 heavy (non-hydrogen) atoms. The Morgan fingerprint density at radius 3 is 2.79 bits per heavy atom. The van der Waals surface area contributed by atoms with Crippen molar-refractivity contribution in [2.45, 2.75) is 26.8 Å². The summed E-state index contributed by atoms with van der Waals surface area (Å²) in [6.07, 6.45) is 1.52. The SMILES string of the molecule is Cc1cc(-n2cc(C(=O)NC(C)C)nn2)ccc1F. The van der Waals surface area contributed by atoms with Gasteiger partial charge in [0.1, 0.15) is 5.82 Å². The van der Waals surface area contributed by atoms with E-state index in [1.807, 2.05) is 13.8 Å². The van der Waals surface area contributed by atoms with E-state index in [1.54, 1.807) is 19.1 Å². The average molecular weight is 262 g/mol. The molecule has 0 saturated heterocycles. The van der Waals surface area contributed by atoms with Gasteiger partial charge in [0.05, 0.1) is 11.9 Å². The van der Waals surface area contributed by atoms with Crippen molar-refractivity contribution in [2.24, 2.45) is 0 Å². The van der Waals surface area contributed by atoms with Gasteiger partial charge in [-0.15, -0.1) is 5.10 Å². The number of nitrogens with one attached hydrogen (secondary N) is 1. The summed E-state index contributed by atoms with van der Waals surface area (Å²) in [7, 11) is 0. The van der Waals surface area contributed by atoms with Crippen LogP contribution in [0.3, 0.4) is 0 Å². The number of carbonyl (C=O) groups excluding carboxylic acids is 1. The number of benzene rings is 1. The molecule has 0 fully saturated rings. The molecule has 100 valence electrons. The van der Waals surface area contributed by atoms with Crippen LogP contribution in [0.25, 0.3) is 5.69 Å². The van der Waals surface area contributed by atoms with Crippen LogP contribution in [0.15, 0.2) is 24.4 Å². The van der Waals surface area contributed by atoms with Gasteiger partial charge in [-0.25, -0.2) is 9.07 Å². The minimum absolute atomic E-state index is 0.0331. The Labute approximate surface area is 110 Å². The molecule has 5 nitrogen and oxygen atoms in total. The maximum Gasteiger partial charge on any atom is 0.273 e. The summed E-state index contributed by atoms with van der Waals surface area (Å²) in [5, 5.41) is 10.4. The van der Waals surface area contributed by atoms with Crippen LogP contribution in [-0.2, 0) is 0 Å². The zero-order valence-corrected chi connectivity index (χ0v) is 11.0. The molecule has 0 aliphatic heterocycles. The number of rotatable bonds is 3. The molecule has 0 aliphatic rings. The molecular formula is C13H15FN4O. The van der Waals surface area contributed by atoms with Crippen molar-refractivity contribution in [1.82, 2.24) is 20.3 Å². The molecular weight excluding hydrogens is 247 g/mol. The molecule has 0 aliphatic carbocycles. The number of aryl methyl sites for hydroxylation is 1. The highest BCUT2D eigenvalue weighted by atomic mass is 19.1. The van der Waals surface area contributed by atoms with Crippen molar-refractivity contribution in [1.29, 1.82) is 0 Å². The van der Waals surface area contributed by atoms with Crippen LogP contribution in [0.4, 0.5) is 4.39 Å². The number of nitrogens with zero attached hydrogens (tertiary/aromatic N) is 3. The Morgan fingerprint density at radius 2 is 2.16 bits per heavy atom. The minimum atomic E-state index is -0.278. The Kier molecular flexibility index (Phi) is 3.59. The summed E-state index contributed by atoms with van der Waals surface area (Å²) in [5.41, 5.74) is 1.41. The molecule has 2 rings (SSSR count). The molecule has 1 heterocycles. The highest BCUT2D eigenvalue weighted by Gasteiger charge is 2.12. The Hall–Kier alpha value is -2.24. The third-order valence-electron chi connectivity index (χ3n) is 2.55. The summed E-state index contributed by atoms with van der Waals surface area (Å²) in [6.45, 7) is 5.40. The summed E-state index contributed by atoms with van der Waals surface area (Å²) >= 11 is 0. The van der Waals surface area contributed by atoms with E-state index in [-0.39, 0.29) is 23.5 Å². The van der Waals surface area contributed by atoms with E-state index >= 15 is 0 Å². The van der Waals surface area contributed by atoms with Crippen molar-refractivity contribution in [3.8, 4) is 5.69 Å². The Morgan fingerprint density at radius 1 is 1.42 bits per heavy atom. The van der Waals surface area contributed by atoms with E-state index in [4.69, 9.17) is 0 Å². The fraction of sp³-hybridized carbons (Fsp3) is 0.308. The normalized spacial score (nSPS) is 10.8. The molecule has 1 amide bonds. The zero-order chi connectivity index (χ0) is 14.0. The van der Waals surface area contributed by atoms with E-state index in [9.17, 15) is 9.18 Å². The van der Waals surface area contributed by atoms with Crippen molar-refractivity contribution in [3.63, 3.8) is 0 Å². The lowest BCUT2D eigenvalue weighted by Crippen LogP contribution is -2.30. The standard InChI is InChI=1S/C13H15FN4O/c1-8(2)15-13(19)12-7-18(17-16-12)10-4-5-11(14)9(3)6-10/h4-8H,1-3H3,(H,15,19). The second kappa shape index (κ2) is 5.17. The van der Waals surface area contributed by atoms with Crippen LogP contribution in [-0.4, -0.2) is 26.9 Å². The highest BCUT2D eigenvalue weighted by molar-refractivity contribution is 5.92. The molecule has 0 spiro atoms. The van der Waals surface area contributed by atoms with Gasteiger partial charge >= 0.3 is 0 Å². The van der Waals surface area contributed by atoms with Gasteiger partial charge in [-0.2, -0.15) is 0 Å². The number of hydrogen-bond acceptors (Lipinski definition) is 3. The van der Waals surface area contributed by atoms with E-state index in [0.717, 1.165) is 0 Å². The van der Waals surface area contributed by atoms with Crippen molar-refractivity contribution in [2.75, 3.05) is 0 Å². The number of aromatic nitrogens is 3. The highest BCUT2D eigenvalue weighted by Crippen LogP contribution is 2.12. The molecule has 1 N–H and O–H groups in total. The molecule has 0 unspecified atom stereocenters. The average Bonchev–Trinajstić information content (AvgIpc) is 2.81. The summed E-state index contributed by atoms with van der Waals surface area (Å²) in [5.74, 6) is -0.554. The molecule has 0 bridgehead atoms. The van der Waals surface area contributed by atoms with Crippen LogP contribution in [0.1, 0.15) is 29.9 Å². The summed E-state index contributed by atoms with van der Waals surface area (Å²) in [6, 6.07) is 4.63. The molecule has 0 radical (unpaired) electrons. The van der Waals surface area contributed by atoms with Crippen LogP contribution in [0, 0.1) is 12.7 Å². The van der Waals surface area contributed by atoms with E-state index in [1.165, 1.54) is 16.9 Å². The largest absolute Gasteiger partial charge is 0.348 e. The predicted molar refractivity (Wildman–Crippen MR) is 68.7 cm³/mol. The quantitative estimate of drug-likeness (QED) is 0.918.